The first-order valence-electron chi connectivity index (χ1n) is 21.3. The zero-order valence-electron chi connectivity index (χ0n) is 33.7. The minimum absolute atomic E-state index is 0.863. The van der Waals surface area contributed by atoms with Crippen molar-refractivity contribution in [3.8, 4) is 78.3 Å². The van der Waals surface area contributed by atoms with Crippen LogP contribution in [-0.2, 0) is 0 Å². The van der Waals surface area contributed by atoms with E-state index in [9.17, 15) is 0 Å². The zero-order chi connectivity index (χ0) is 40.7. The van der Waals surface area contributed by atoms with E-state index in [1.54, 1.807) is 0 Å². The maximum absolute atomic E-state index is 5.20. The summed E-state index contributed by atoms with van der Waals surface area (Å²) in [7, 11) is 0. The summed E-state index contributed by atoms with van der Waals surface area (Å²) >= 11 is 0. The standard InChI is InChI=1S/C60H36N2/c1-3-17-37(18-4-1)56-45-25-11-12-26-46(45)57(38-19-5-2-6-20-38)60-48-33-32-43(44-27-15-28-47(58(44)48)59(56)60)49-35-50-41-23-9-10-24-42(41)52(36-51(50)40-22-8-7-21-39(40)49)53-30-16-31-55(62-53)54-29-13-14-34-61-54/h1-36H. The van der Waals surface area contributed by atoms with E-state index in [0.29, 0.717) is 0 Å². The van der Waals surface area contributed by atoms with Crippen LogP contribution in [0, 0.1) is 0 Å². The summed E-state index contributed by atoms with van der Waals surface area (Å²) < 4.78 is 0. The Labute approximate surface area is 359 Å². The molecule has 0 atom stereocenters. The summed E-state index contributed by atoms with van der Waals surface area (Å²) in [6.45, 7) is 0. The predicted molar refractivity (Wildman–Crippen MR) is 261 cm³/mol. The van der Waals surface area contributed by atoms with Crippen LogP contribution >= 0.6 is 0 Å². The van der Waals surface area contributed by atoms with Crippen molar-refractivity contribution >= 4 is 53.9 Å². The molecular formula is C60H36N2. The molecule has 10 aromatic carbocycles. The highest BCUT2D eigenvalue weighted by molar-refractivity contribution is 6.30. The quantitative estimate of drug-likeness (QED) is 0.162. The summed E-state index contributed by atoms with van der Waals surface area (Å²) in [5, 5.41) is 12.4. The van der Waals surface area contributed by atoms with Gasteiger partial charge in [0.2, 0.25) is 0 Å². The van der Waals surface area contributed by atoms with Crippen LogP contribution in [0.15, 0.2) is 219 Å². The van der Waals surface area contributed by atoms with Gasteiger partial charge in [0.1, 0.15) is 0 Å². The van der Waals surface area contributed by atoms with Crippen LogP contribution in [0.5, 0.6) is 0 Å². The fraction of sp³-hybridized carbons (Fsp3) is 0. The lowest BCUT2D eigenvalue weighted by Gasteiger charge is -2.20. The molecule has 1 aliphatic carbocycles. The summed E-state index contributed by atoms with van der Waals surface area (Å²) in [5.74, 6) is 0. The van der Waals surface area contributed by atoms with Crippen molar-refractivity contribution in [3.05, 3.63) is 219 Å². The summed E-state index contributed by atoms with van der Waals surface area (Å²) in [4.78, 5) is 9.80. The molecular weight excluding hydrogens is 749 g/mol. The topological polar surface area (TPSA) is 25.8 Å². The molecule has 2 heteroatoms. The lowest BCUT2D eigenvalue weighted by molar-refractivity contribution is 1.25. The van der Waals surface area contributed by atoms with Crippen molar-refractivity contribution in [2.24, 2.45) is 0 Å². The van der Waals surface area contributed by atoms with Crippen LogP contribution in [0.4, 0.5) is 0 Å². The molecule has 2 nitrogen and oxygen atoms in total. The van der Waals surface area contributed by atoms with Crippen molar-refractivity contribution in [3.63, 3.8) is 0 Å². The number of nitrogens with zero attached hydrogens (tertiary/aromatic N) is 2. The molecule has 0 saturated heterocycles. The Morgan fingerprint density at radius 3 is 1.34 bits per heavy atom. The molecule has 1 aliphatic rings. The Kier molecular flexibility index (Phi) is 7.64. The van der Waals surface area contributed by atoms with Gasteiger partial charge in [-0.2, -0.15) is 0 Å². The van der Waals surface area contributed by atoms with Crippen LogP contribution < -0.4 is 0 Å². The van der Waals surface area contributed by atoms with Gasteiger partial charge < -0.3 is 0 Å². The maximum Gasteiger partial charge on any atom is 0.0893 e. The highest BCUT2D eigenvalue weighted by Gasteiger charge is 2.31. The van der Waals surface area contributed by atoms with Crippen LogP contribution in [0.1, 0.15) is 0 Å². The van der Waals surface area contributed by atoms with Gasteiger partial charge in [-0.25, -0.2) is 4.98 Å². The zero-order valence-corrected chi connectivity index (χ0v) is 33.7. The third-order valence-corrected chi connectivity index (χ3v) is 13.0. The number of rotatable bonds is 5. The van der Waals surface area contributed by atoms with Crippen LogP contribution in [0.25, 0.3) is 132 Å². The Balaban J connectivity index is 1.09. The van der Waals surface area contributed by atoms with Crippen LogP contribution in [0.3, 0.4) is 0 Å². The van der Waals surface area contributed by atoms with Gasteiger partial charge in [0, 0.05) is 11.8 Å². The second-order valence-electron chi connectivity index (χ2n) is 16.3. The first kappa shape index (κ1) is 34.6. The van der Waals surface area contributed by atoms with E-state index in [-0.39, 0.29) is 0 Å². The van der Waals surface area contributed by atoms with E-state index < -0.39 is 0 Å². The van der Waals surface area contributed by atoms with Crippen LogP contribution in [-0.4, -0.2) is 9.97 Å². The van der Waals surface area contributed by atoms with E-state index in [0.717, 1.165) is 22.6 Å². The molecule has 0 spiro atoms. The SMILES string of the molecule is c1ccc(-c2c3c(c(-c4ccccc4)c4ccccc24)-c2ccc(-c4cc5c6ccccc6c(-c6cccc(-c7ccccn7)n6)cc5c5ccccc45)c4cccc-3c24)cc1. The number of benzene rings is 10. The first-order valence-corrected chi connectivity index (χ1v) is 21.3. The second-order valence-corrected chi connectivity index (χ2v) is 16.3. The molecule has 0 bridgehead atoms. The largest absolute Gasteiger partial charge is 0.255 e. The molecule has 0 amide bonds. The smallest absolute Gasteiger partial charge is 0.0893 e. The van der Waals surface area contributed by atoms with E-state index in [1.165, 1.54) is 109 Å². The lowest BCUT2D eigenvalue weighted by atomic mass is 9.82. The van der Waals surface area contributed by atoms with Gasteiger partial charge in [-0.05, 0) is 146 Å². The summed E-state index contributed by atoms with van der Waals surface area (Å²) in [5.41, 5.74) is 16.5. The van der Waals surface area contributed by atoms with E-state index in [4.69, 9.17) is 4.98 Å². The normalized spacial score (nSPS) is 11.9. The van der Waals surface area contributed by atoms with Gasteiger partial charge in [0.15, 0.2) is 0 Å². The van der Waals surface area contributed by atoms with E-state index in [2.05, 4.69) is 193 Å². The summed E-state index contributed by atoms with van der Waals surface area (Å²) in [6.07, 6.45) is 1.82. The van der Waals surface area contributed by atoms with Gasteiger partial charge in [0.25, 0.3) is 0 Å². The minimum atomic E-state index is 0.863. The molecule has 0 radical (unpaired) electrons. The molecule has 13 rings (SSSR count). The van der Waals surface area contributed by atoms with Crippen molar-refractivity contribution in [1.82, 2.24) is 9.97 Å². The number of fused-ring (bicyclic) bond motifs is 9. The fourth-order valence-electron chi connectivity index (χ4n) is 10.5. The van der Waals surface area contributed by atoms with Gasteiger partial charge in [-0.15, -0.1) is 0 Å². The lowest BCUT2D eigenvalue weighted by Crippen LogP contribution is -1.93. The number of hydrogen-bond acceptors (Lipinski definition) is 2. The highest BCUT2D eigenvalue weighted by Crippen LogP contribution is 2.59. The number of aromatic nitrogens is 2. The Bertz CT molecular complexity index is 3690. The Morgan fingerprint density at radius 2 is 0.710 bits per heavy atom. The molecule has 62 heavy (non-hydrogen) atoms. The number of hydrogen-bond donors (Lipinski definition) is 0. The van der Waals surface area contributed by atoms with Crippen molar-refractivity contribution < 1.29 is 0 Å². The third-order valence-electron chi connectivity index (χ3n) is 13.0. The fourth-order valence-corrected chi connectivity index (χ4v) is 10.5. The Morgan fingerprint density at radius 1 is 0.242 bits per heavy atom. The maximum atomic E-state index is 5.20. The first-order chi connectivity index (χ1) is 30.8. The number of pyridine rings is 2. The molecule has 286 valence electrons. The molecule has 0 N–H and O–H groups in total. The second kappa shape index (κ2) is 13.7. The highest BCUT2D eigenvalue weighted by atomic mass is 14.8. The van der Waals surface area contributed by atoms with Crippen molar-refractivity contribution in [1.29, 1.82) is 0 Å². The van der Waals surface area contributed by atoms with E-state index >= 15 is 0 Å². The van der Waals surface area contributed by atoms with Crippen LogP contribution in [0.2, 0.25) is 0 Å². The van der Waals surface area contributed by atoms with Gasteiger partial charge in [-0.3, -0.25) is 4.98 Å². The average Bonchev–Trinajstić information content (AvgIpc) is 3.68. The molecule has 2 heterocycles. The summed E-state index contributed by atoms with van der Waals surface area (Å²) in [6, 6.07) is 77.5. The van der Waals surface area contributed by atoms with Crippen molar-refractivity contribution in [2.75, 3.05) is 0 Å². The minimum Gasteiger partial charge on any atom is -0.255 e. The molecule has 0 unspecified atom stereocenters. The molecule has 0 saturated carbocycles. The van der Waals surface area contributed by atoms with Gasteiger partial charge >= 0.3 is 0 Å². The monoisotopic (exact) mass is 784 g/mol. The molecule has 0 fully saturated rings. The molecule has 2 aromatic heterocycles. The van der Waals surface area contributed by atoms with Gasteiger partial charge in [0.05, 0.1) is 17.1 Å². The average molecular weight is 785 g/mol. The van der Waals surface area contributed by atoms with Gasteiger partial charge in [-0.1, -0.05) is 176 Å². The van der Waals surface area contributed by atoms with E-state index in [1.807, 2.05) is 30.5 Å². The van der Waals surface area contributed by atoms with Crippen molar-refractivity contribution in [2.45, 2.75) is 0 Å². The Hall–Kier alpha value is -8.20. The molecule has 12 aromatic rings. The third kappa shape index (κ3) is 5.11. The predicted octanol–water partition coefficient (Wildman–Crippen LogP) is 16.2. The molecule has 0 aliphatic heterocycles.